The molecule has 25 heavy (non-hydrogen) atoms. The number of anilines is 1. The van der Waals surface area contributed by atoms with E-state index in [1.165, 1.54) is 24.3 Å². The summed E-state index contributed by atoms with van der Waals surface area (Å²) in [5, 5.41) is 24.2. The molecule has 11 heteroatoms. The predicted octanol–water partition coefficient (Wildman–Crippen LogP) is 1.94. The number of hydrogen-bond donors (Lipinski definition) is 1. The number of non-ortho nitro benzene ring substituents is 1. The first-order valence-electron chi connectivity index (χ1n) is 7.24. The van der Waals surface area contributed by atoms with E-state index in [0.717, 1.165) is 0 Å². The van der Waals surface area contributed by atoms with E-state index in [4.69, 9.17) is 14.2 Å². The van der Waals surface area contributed by atoms with Gasteiger partial charge in [-0.05, 0) is 26.0 Å². The number of carbonyl (C=O) groups is 1. The summed E-state index contributed by atoms with van der Waals surface area (Å²) in [6, 6.07) is 5.05. The molecule has 0 spiro atoms. The largest absolute Gasteiger partial charge is 0.441 e. The molecule has 1 aliphatic rings. The van der Waals surface area contributed by atoms with E-state index in [0.29, 0.717) is 0 Å². The Morgan fingerprint density at radius 2 is 1.76 bits per heavy atom. The molecule has 0 radical (unpaired) electrons. The maximum absolute atomic E-state index is 11.8. The summed E-state index contributed by atoms with van der Waals surface area (Å²) >= 11 is 0. The fraction of sp³-hybridized carbons (Fsp3) is 0.500. The van der Waals surface area contributed by atoms with E-state index in [9.17, 15) is 25.0 Å². The third-order valence-corrected chi connectivity index (χ3v) is 3.56. The first kappa shape index (κ1) is 18.5. The predicted molar refractivity (Wildman–Crippen MR) is 83.8 cm³/mol. The van der Waals surface area contributed by atoms with Crippen molar-refractivity contribution in [3.05, 3.63) is 44.5 Å². The first-order valence-corrected chi connectivity index (χ1v) is 7.24. The molecule has 1 aliphatic heterocycles. The van der Waals surface area contributed by atoms with Gasteiger partial charge in [-0.3, -0.25) is 25.5 Å². The normalized spacial score (nSPS) is 18.2. The van der Waals surface area contributed by atoms with Crippen molar-refractivity contribution in [1.29, 1.82) is 0 Å². The van der Waals surface area contributed by atoms with Crippen LogP contribution >= 0.6 is 0 Å². The third kappa shape index (κ3) is 4.61. The van der Waals surface area contributed by atoms with E-state index >= 15 is 0 Å². The highest BCUT2D eigenvalue weighted by molar-refractivity contribution is 5.84. The van der Waals surface area contributed by atoms with Crippen LogP contribution in [0.15, 0.2) is 24.3 Å². The van der Waals surface area contributed by atoms with Crippen LogP contribution in [0.4, 0.5) is 16.2 Å². The molecular formula is C14H17N3O8. The minimum absolute atomic E-state index is 0.134. The summed E-state index contributed by atoms with van der Waals surface area (Å²) in [6.45, 7) is 2.17. The number of amides is 1. The van der Waals surface area contributed by atoms with Gasteiger partial charge in [-0.1, -0.05) is 0 Å². The quantitative estimate of drug-likeness (QED) is 0.623. The summed E-state index contributed by atoms with van der Waals surface area (Å²) in [5.74, 6) is -0.944. The van der Waals surface area contributed by atoms with Crippen molar-refractivity contribution < 1.29 is 28.9 Å². The lowest BCUT2D eigenvalue weighted by molar-refractivity contribution is -0.598. The fourth-order valence-electron chi connectivity index (χ4n) is 1.96. The topological polar surface area (TPSA) is 143 Å². The maximum Gasteiger partial charge on any atom is 0.411 e. The van der Waals surface area contributed by atoms with Gasteiger partial charge in [0.1, 0.15) is 13.2 Å². The Morgan fingerprint density at radius 3 is 2.24 bits per heavy atom. The van der Waals surface area contributed by atoms with Gasteiger partial charge in [-0.2, -0.15) is 0 Å². The molecule has 0 aromatic heterocycles. The zero-order valence-corrected chi connectivity index (χ0v) is 13.6. The Labute approximate surface area is 142 Å². The molecule has 0 unspecified atom stereocenters. The van der Waals surface area contributed by atoms with Crippen LogP contribution < -0.4 is 5.32 Å². The molecule has 1 fully saturated rings. The van der Waals surface area contributed by atoms with Crippen molar-refractivity contribution in [3.8, 4) is 0 Å². The van der Waals surface area contributed by atoms with Crippen LogP contribution in [0.1, 0.15) is 13.8 Å². The molecule has 136 valence electrons. The first-order chi connectivity index (χ1) is 11.6. The Balaban J connectivity index is 1.93. The molecule has 1 aromatic carbocycles. The standard InChI is InChI=1S/C14H17N3O8/c1-13(2)24-8-14(9-25-13,17(21)22)7-23-12(18)15-10-3-5-11(6-4-10)16(19)20/h3-6H,7-9H2,1-2H3,(H,15,18). The van der Waals surface area contributed by atoms with Gasteiger partial charge in [0.2, 0.25) is 0 Å². The summed E-state index contributed by atoms with van der Waals surface area (Å²) < 4.78 is 15.5. The number of benzene rings is 1. The summed E-state index contributed by atoms with van der Waals surface area (Å²) in [4.78, 5) is 32.5. The fourth-order valence-corrected chi connectivity index (χ4v) is 1.96. The zero-order valence-electron chi connectivity index (χ0n) is 13.6. The zero-order chi connectivity index (χ0) is 18.7. The number of nitro benzene ring substituents is 1. The van der Waals surface area contributed by atoms with Crippen LogP contribution in [0, 0.1) is 20.2 Å². The minimum Gasteiger partial charge on any atom is -0.441 e. The molecule has 1 aromatic rings. The number of ether oxygens (including phenoxy) is 3. The second-order valence-electron chi connectivity index (χ2n) is 5.96. The van der Waals surface area contributed by atoms with E-state index in [1.54, 1.807) is 13.8 Å². The smallest absolute Gasteiger partial charge is 0.411 e. The number of rotatable bonds is 5. The van der Waals surface area contributed by atoms with E-state index in [1.807, 2.05) is 0 Å². The second kappa shape index (κ2) is 6.99. The highest BCUT2D eigenvalue weighted by Gasteiger charge is 2.51. The van der Waals surface area contributed by atoms with Crippen LogP contribution in [0.5, 0.6) is 0 Å². The summed E-state index contributed by atoms with van der Waals surface area (Å²) in [5.41, 5.74) is -1.57. The van der Waals surface area contributed by atoms with Crippen molar-refractivity contribution in [1.82, 2.24) is 0 Å². The number of nitrogens with zero attached hydrogens (tertiary/aromatic N) is 2. The van der Waals surface area contributed by atoms with Crippen molar-refractivity contribution in [3.63, 3.8) is 0 Å². The van der Waals surface area contributed by atoms with Crippen molar-refractivity contribution in [2.75, 3.05) is 25.1 Å². The van der Waals surface area contributed by atoms with Gasteiger partial charge in [0.15, 0.2) is 12.4 Å². The lowest BCUT2D eigenvalue weighted by atomic mass is 10.0. The van der Waals surface area contributed by atoms with Gasteiger partial charge in [-0.15, -0.1) is 0 Å². The van der Waals surface area contributed by atoms with Gasteiger partial charge >= 0.3 is 11.6 Å². The molecule has 1 saturated heterocycles. The Bertz CT molecular complexity index is 663. The lowest BCUT2D eigenvalue weighted by Crippen LogP contribution is -2.58. The summed E-state index contributed by atoms with van der Waals surface area (Å²) in [7, 11) is 0. The molecule has 11 nitrogen and oxygen atoms in total. The van der Waals surface area contributed by atoms with Crippen LogP contribution in [-0.2, 0) is 14.2 Å². The molecule has 0 aliphatic carbocycles. The monoisotopic (exact) mass is 355 g/mol. The van der Waals surface area contributed by atoms with Crippen LogP contribution in [0.2, 0.25) is 0 Å². The van der Waals surface area contributed by atoms with E-state index < -0.39 is 33.9 Å². The van der Waals surface area contributed by atoms with Crippen LogP contribution in [0.25, 0.3) is 0 Å². The molecule has 2 rings (SSSR count). The SMILES string of the molecule is CC1(C)OCC(COC(=O)Nc2ccc([N+](=O)[O-])cc2)([N+](=O)[O-])CO1. The average Bonchev–Trinajstić information content (AvgIpc) is 2.54. The van der Waals surface area contributed by atoms with Gasteiger partial charge < -0.3 is 14.2 Å². The molecule has 1 heterocycles. The molecule has 1 N–H and O–H groups in total. The van der Waals surface area contributed by atoms with Crippen LogP contribution in [0.3, 0.4) is 0 Å². The molecule has 0 saturated carbocycles. The van der Waals surface area contributed by atoms with Crippen LogP contribution in [-0.4, -0.2) is 47.1 Å². The highest BCUT2D eigenvalue weighted by atomic mass is 16.7. The van der Waals surface area contributed by atoms with Crippen molar-refractivity contribution >= 4 is 17.5 Å². The molecular weight excluding hydrogens is 338 g/mol. The number of carbonyl (C=O) groups excluding carboxylic acids is 1. The van der Waals surface area contributed by atoms with Gasteiger partial charge in [0, 0.05) is 22.7 Å². The van der Waals surface area contributed by atoms with E-state index in [2.05, 4.69) is 5.32 Å². The molecule has 1 amide bonds. The number of nitro groups is 2. The Morgan fingerprint density at radius 1 is 1.20 bits per heavy atom. The Hall–Kier alpha value is -2.79. The van der Waals surface area contributed by atoms with Gasteiger partial charge in [0.05, 0.1) is 4.92 Å². The second-order valence-corrected chi connectivity index (χ2v) is 5.96. The van der Waals surface area contributed by atoms with Crippen molar-refractivity contribution in [2.45, 2.75) is 25.2 Å². The summed E-state index contributed by atoms with van der Waals surface area (Å²) in [6.07, 6.45) is -0.931. The molecule has 0 atom stereocenters. The van der Waals surface area contributed by atoms with Gasteiger partial charge in [-0.25, -0.2) is 4.79 Å². The molecule has 0 bridgehead atoms. The third-order valence-electron chi connectivity index (χ3n) is 3.56. The lowest BCUT2D eigenvalue weighted by Gasteiger charge is -2.37. The maximum atomic E-state index is 11.8. The minimum atomic E-state index is -1.69. The van der Waals surface area contributed by atoms with Crippen molar-refractivity contribution in [2.24, 2.45) is 0 Å². The average molecular weight is 355 g/mol. The van der Waals surface area contributed by atoms with Gasteiger partial charge in [0.25, 0.3) is 5.69 Å². The Kier molecular flexibility index (Phi) is 5.18. The van der Waals surface area contributed by atoms with E-state index in [-0.39, 0.29) is 24.6 Å². The highest BCUT2D eigenvalue weighted by Crippen LogP contribution is 2.26. The number of hydrogen-bond acceptors (Lipinski definition) is 8. The number of nitrogens with one attached hydrogen (secondary N) is 1.